The third-order valence-corrected chi connectivity index (χ3v) is 3.64. The largest absolute Gasteiger partial charge is 0.347 e. The Bertz CT molecular complexity index is 421. The first kappa shape index (κ1) is 10.6. The average molecular weight is 237 g/mol. The Balaban J connectivity index is 2.12. The normalized spacial score (nSPS) is 10.9. The fraction of sp³-hybridized carbons (Fsp3) is 0.273. The third kappa shape index (κ3) is 2.55. The quantitative estimate of drug-likeness (QED) is 0.571. The highest BCUT2D eigenvalue weighted by Gasteiger charge is 2.03. The van der Waals surface area contributed by atoms with E-state index in [1.54, 1.807) is 11.3 Å². The molecule has 2 aromatic rings. The maximum absolute atomic E-state index is 10.3. The Labute approximate surface area is 94.8 Å². The van der Waals surface area contributed by atoms with Crippen molar-refractivity contribution in [2.75, 3.05) is 6.16 Å². The first-order valence-corrected chi connectivity index (χ1v) is 6.77. The Morgan fingerprint density at radius 2 is 2.27 bits per heavy atom. The molecule has 0 aliphatic rings. The van der Waals surface area contributed by atoms with E-state index in [9.17, 15) is 4.57 Å². The van der Waals surface area contributed by atoms with Gasteiger partial charge >= 0.3 is 0 Å². The molecule has 4 heteroatoms. The molecular formula is C11H12NOPS. The predicted molar refractivity (Wildman–Crippen MR) is 64.8 cm³/mol. The Morgan fingerprint density at radius 1 is 1.33 bits per heavy atom. The lowest BCUT2D eigenvalue weighted by Gasteiger charge is -2.05. The van der Waals surface area contributed by atoms with E-state index < -0.39 is 0 Å². The zero-order valence-corrected chi connectivity index (χ0v) is 10.0. The van der Waals surface area contributed by atoms with Crippen LogP contribution in [0.15, 0.2) is 35.8 Å². The summed E-state index contributed by atoms with van der Waals surface area (Å²) in [7, 11) is 0.247. The zero-order chi connectivity index (χ0) is 10.5. The minimum Gasteiger partial charge on any atom is -0.347 e. The monoisotopic (exact) mass is 237 g/mol. The summed E-state index contributed by atoms with van der Waals surface area (Å²) in [5, 5.41) is 2.09. The lowest BCUT2D eigenvalue weighted by molar-refractivity contribution is 0.594. The van der Waals surface area contributed by atoms with Crippen LogP contribution in [0.2, 0.25) is 0 Å². The number of aryl methyl sites for hydroxylation is 1. The van der Waals surface area contributed by atoms with Crippen molar-refractivity contribution in [3.05, 3.63) is 35.8 Å². The van der Waals surface area contributed by atoms with Crippen molar-refractivity contribution in [1.82, 2.24) is 4.57 Å². The van der Waals surface area contributed by atoms with E-state index in [1.807, 2.05) is 0 Å². The number of aromatic nitrogens is 1. The van der Waals surface area contributed by atoms with Gasteiger partial charge in [0.1, 0.15) is 0 Å². The van der Waals surface area contributed by atoms with Gasteiger partial charge in [-0.25, -0.2) is 0 Å². The van der Waals surface area contributed by atoms with Crippen LogP contribution in [0.3, 0.4) is 0 Å². The van der Waals surface area contributed by atoms with Gasteiger partial charge in [0, 0.05) is 18.9 Å². The second-order valence-electron chi connectivity index (χ2n) is 3.27. The van der Waals surface area contributed by atoms with Crippen LogP contribution < -0.4 is 0 Å². The molecule has 0 unspecified atom stereocenters. The standard InChI is InChI=1S/C11H12NOPS/c13-14-8-3-7-12-6-1-4-10(12)11-5-2-9-15-11/h1-2,4-6,9H,3,7-8H2. The fourth-order valence-corrected chi connectivity index (χ4v) is 2.60. The van der Waals surface area contributed by atoms with E-state index in [1.165, 1.54) is 10.6 Å². The minimum atomic E-state index is 0.247. The van der Waals surface area contributed by atoms with E-state index in [2.05, 4.69) is 40.4 Å². The molecule has 78 valence electrons. The topological polar surface area (TPSA) is 22.0 Å². The van der Waals surface area contributed by atoms with E-state index in [0.29, 0.717) is 0 Å². The summed E-state index contributed by atoms with van der Waals surface area (Å²) in [6.07, 6.45) is 3.77. The Hall–Kier alpha value is -0.920. The summed E-state index contributed by atoms with van der Waals surface area (Å²) in [5.41, 5.74) is 1.26. The van der Waals surface area contributed by atoms with E-state index in [0.717, 1.165) is 19.1 Å². The predicted octanol–water partition coefficient (Wildman–Crippen LogP) is 3.90. The molecule has 2 nitrogen and oxygen atoms in total. The molecule has 0 saturated heterocycles. The van der Waals surface area contributed by atoms with Crippen LogP contribution in [0, 0.1) is 0 Å². The maximum Gasteiger partial charge on any atom is 0.155 e. The smallest absolute Gasteiger partial charge is 0.155 e. The van der Waals surface area contributed by atoms with Gasteiger partial charge in [0.15, 0.2) is 8.46 Å². The van der Waals surface area contributed by atoms with Crippen molar-refractivity contribution in [3.63, 3.8) is 0 Å². The second-order valence-corrected chi connectivity index (χ2v) is 4.92. The van der Waals surface area contributed by atoms with Gasteiger partial charge in [-0.05, 0) is 30.0 Å². The van der Waals surface area contributed by atoms with Gasteiger partial charge in [0.05, 0.1) is 10.6 Å². The molecule has 2 heterocycles. The molecule has 0 spiro atoms. The van der Waals surface area contributed by atoms with Crippen LogP contribution in [0.5, 0.6) is 0 Å². The molecule has 0 N–H and O–H groups in total. The van der Waals surface area contributed by atoms with Crippen molar-refractivity contribution < 1.29 is 4.57 Å². The Morgan fingerprint density at radius 3 is 3.00 bits per heavy atom. The lowest BCUT2D eigenvalue weighted by Crippen LogP contribution is -1.98. The first-order chi connectivity index (χ1) is 7.42. The molecule has 0 atom stereocenters. The summed E-state index contributed by atoms with van der Waals surface area (Å²) in [6, 6.07) is 8.38. The van der Waals surface area contributed by atoms with E-state index in [4.69, 9.17) is 0 Å². The summed E-state index contributed by atoms with van der Waals surface area (Å²) < 4.78 is 12.6. The van der Waals surface area contributed by atoms with Crippen LogP contribution in [0.4, 0.5) is 0 Å². The SMILES string of the molecule is O=PCCCn1cccc1-c1cccs1. The molecule has 2 rings (SSSR count). The van der Waals surface area contributed by atoms with Crippen molar-refractivity contribution in [2.24, 2.45) is 0 Å². The molecule has 0 bridgehead atoms. The third-order valence-electron chi connectivity index (χ3n) is 2.25. The van der Waals surface area contributed by atoms with Gasteiger partial charge < -0.3 is 4.57 Å². The van der Waals surface area contributed by atoms with Crippen molar-refractivity contribution >= 4 is 19.8 Å². The number of hydrogen-bond donors (Lipinski definition) is 0. The highest BCUT2D eigenvalue weighted by molar-refractivity contribution is 7.23. The molecule has 15 heavy (non-hydrogen) atoms. The van der Waals surface area contributed by atoms with Crippen molar-refractivity contribution in [3.8, 4) is 10.6 Å². The molecule has 0 fully saturated rings. The van der Waals surface area contributed by atoms with Crippen LogP contribution in [0.1, 0.15) is 6.42 Å². The first-order valence-electron chi connectivity index (χ1n) is 4.90. The molecule has 0 saturated carbocycles. The van der Waals surface area contributed by atoms with Gasteiger partial charge in [-0.1, -0.05) is 6.07 Å². The van der Waals surface area contributed by atoms with Crippen molar-refractivity contribution in [2.45, 2.75) is 13.0 Å². The number of rotatable bonds is 5. The fourth-order valence-electron chi connectivity index (χ4n) is 1.56. The highest BCUT2D eigenvalue weighted by Crippen LogP contribution is 2.25. The molecule has 0 amide bonds. The molecule has 0 aromatic carbocycles. The van der Waals surface area contributed by atoms with Gasteiger partial charge in [-0.2, -0.15) is 0 Å². The lowest BCUT2D eigenvalue weighted by atomic mass is 10.3. The summed E-state index contributed by atoms with van der Waals surface area (Å²) in [5.74, 6) is 0. The van der Waals surface area contributed by atoms with E-state index >= 15 is 0 Å². The zero-order valence-electron chi connectivity index (χ0n) is 8.30. The number of thiophene rings is 1. The molecule has 0 aliphatic carbocycles. The average Bonchev–Trinajstić information content (AvgIpc) is 2.87. The molecule has 0 radical (unpaired) electrons. The molecular weight excluding hydrogens is 225 g/mol. The van der Waals surface area contributed by atoms with Crippen LogP contribution in [-0.4, -0.2) is 10.7 Å². The van der Waals surface area contributed by atoms with Crippen molar-refractivity contribution in [1.29, 1.82) is 0 Å². The maximum atomic E-state index is 10.3. The summed E-state index contributed by atoms with van der Waals surface area (Å²) >= 11 is 1.75. The summed E-state index contributed by atoms with van der Waals surface area (Å²) in [4.78, 5) is 1.29. The van der Waals surface area contributed by atoms with Gasteiger partial charge in [-0.15, -0.1) is 11.3 Å². The van der Waals surface area contributed by atoms with E-state index in [-0.39, 0.29) is 8.46 Å². The molecule has 0 aliphatic heterocycles. The second kappa shape index (κ2) is 5.24. The number of hydrogen-bond acceptors (Lipinski definition) is 2. The number of nitrogens with zero attached hydrogens (tertiary/aromatic N) is 1. The van der Waals surface area contributed by atoms with Crippen LogP contribution in [0.25, 0.3) is 10.6 Å². The van der Waals surface area contributed by atoms with Crippen LogP contribution in [-0.2, 0) is 11.1 Å². The Kier molecular flexibility index (Phi) is 3.70. The van der Waals surface area contributed by atoms with Gasteiger partial charge in [-0.3, -0.25) is 4.57 Å². The minimum absolute atomic E-state index is 0.247. The van der Waals surface area contributed by atoms with Gasteiger partial charge in [0.2, 0.25) is 0 Å². The summed E-state index contributed by atoms with van der Waals surface area (Å²) in [6.45, 7) is 0.940. The molecule has 2 aromatic heterocycles. The van der Waals surface area contributed by atoms with Gasteiger partial charge in [0.25, 0.3) is 0 Å². The van der Waals surface area contributed by atoms with Crippen LogP contribution >= 0.6 is 19.8 Å². The highest BCUT2D eigenvalue weighted by atomic mass is 32.1.